The first-order valence-electron chi connectivity index (χ1n) is 10.2. The molecule has 0 amide bonds. The summed E-state index contributed by atoms with van der Waals surface area (Å²) in [5.41, 5.74) is 5.56. The molecule has 1 saturated heterocycles. The van der Waals surface area contributed by atoms with Crippen LogP contribution in [0.15, 0.2) is 65.9 Å². The van der Waals surface area contributed by atoms with Gasteiger partial charge in [0, 0.05) is 73.0 Å². The van der Waals surface area contributed by atoms with E-state index in [-0.39, 0.29) is 0 Å². The maximum Gasteiger partial charge on any atom is 0.1000 e. The summed E-state index contributed by atoms with van der Waals surface area (Å²) in [6.45, 7) is 5.95. The van der Waals surface area contributed by atoms with E-state index in [1.54, 1.807) is 0 Å². The van der Waals surface area contributed by atoms with Gasteiger partial charge in [0.25, 0.3) is 0 Å². The number of ether oxygens (including phenoxy) is 1. The van der Waals surface area contributed by atoms with E-state index >= 15 is 0 Å². The van der Waals surface area contributed by atoms with Crippen LogP contribution >= 0.6 is 60.6 Å². The molecule has 2 aliphatic heterocycles. The molecule has 0 radical (unpaired) electrons. The highest BCUT2D eigenvalue weighted by molar-refractivity contribution is 14.2. The predicted octanol–water partition coefficient (Wildman–Crippen LogP) is 7.84. The van der Waals surface area contributed by atoms with Gasteiger partial charge in [0.15, 0.2) is 0 Å². The van der Waals surface area contributed by atoms with Crippen LogP contribution in [0.3, 0.4) is 0 Å². The van der Waals surface area contributed by atoms with Gasteiger partial charge in [-0.2, -0.15) is 0 Å². The quantitative estimate of drug-likeness (QED) is 0.230. The minimum atomic E-state index is 0.331. The van der Waals surface area contributed by atoms with E-state index in [0.717, 1.165) is 26.0 Å². The second-order valence-electron chi connectivity index (χ2n) is 7.77. The molecule has 3 atom stereocenters. The Balaban J connectivity index is 1.75. The fraction of sp³-hybridized carbons (Fsp3) is 0.391. The number of benzene rings is 2. The topological polar surface area (TPSA) is 15.7 Å². The zero-order chi connectivity index (χ0) is 21.1. The molecule has 0 aliphatic carbocycles. The normalized spacial score (nSPS) is 25.3. The van der Waals surface area contributed by atoms with Crippen LogP contribution < -0.4 is 0 Å². The Kier molecular flexibility index (Phi) is 8.35. The number of rotatable bonds is 6. The minimum absolute atomic E-state index is 0.331. The number of hydrogen-bond donors (Lipinski definition) is 0. The zero-order valence-electron chi connectivity index (χ0n) is 17.1. The van der Waals surface area contributed by atoms with Gasteiger partial charge in [-0.1, -0.05) is 60.2 Å². The first-order chi connectivity index (χ1) is 14.7. The maximum absolute atomic E-state index is 6.26. The molecular weight excluding hydrogens is 638 g/mol. The molecule has 2 aromatic rings. The van der Waals surface area contributed by atoms with Gasteiger partial charge in [0.2, 0.25) is 0 Å². The molecule has 7 heteroatoms. The van der Waals surface area contributed by atoms with Crippen molar-refractivity contribution in [3.8, 4) is 0 Å². The SMILES string of the molecule is CCOC1=C2CN(SI)C(c3ccccc3)CC2N(SI)C(c2cccc(C)c2)C1. The first kappa shape index (κ1) is 23.2. The van der Waals surface area contributed by atoms with Crippen molar-refractivity contribution in [1.82, 2.24) is 8.61 Å². The van der Waals surface area contributed by atoms with Crippen LogP contribution in [0.1, 0.15) is 48.5 Å². The van der Waals surface area contributed by atoms with Crippen LogP contribution in [-0.2, 0) is 4.74 Å². The van der Waals surface area contributed by atoms with Crippen LogP contribution in [0.25, 0.3) is 0 Å². The third kappa shape index (κ3) is 4.85. The summed E-state index contributed by atoms with van der Waals surface area (Å²) in [6, 6.07) is 21.0. The summed E-state index contributed by atoms with van der Waals surface area (Å²) in [6.07, 6.45) is 2.01. The van der Waals surface area contributed by atoms with E-state index in [0.29, 0.717) is 18.1 Å². The maximum atomic E-state index is 6.26. The Bertz CT molecular complexity index is 896. The minimum Gasteiger partial charge on any atom is -0.498 e. The molecule has 4 rings (SSSR count). The Morgan fingerprint density at radius 1 is 0.967 bits per heavy atom. The Hall–Kier alpha value is 0.0600. The van der Waals surface area contributed by atoms with E-state index in [2.05, 4.69) is 119 Å². The average Bonchev–Trinajstić information content (AvgIpc) is 2.78. The van der Waals surface area contributed by atoms with E-state index < -0.39 is 0 Å². The molecule has 0 N–H and O–H groups in total. The Labute approximate surface area is 212 Å². The molecule has 2 aliphatic rings. The van der Waals surface area contributed by atoms with Crippen molar-refractivity contribution in [2.45, 2.75) is 44.8 Å². The molecule has 3 unspecified atom stereocenters. The Morgan fingerprint density at radius 2 is 1.73 bits per heavy atom. The number of nitrogens with zero attached hydrogens (tertiary/aromatic N) is 2. The summed E-state index contributed by atoms with van der Waals surface area (Å²) in [4.78, 5) is 0. The third-order valence-corrected chi connectivity index (χ3v) is 10.1. The number of aryl methyl sites for hydroxylation is 1. The van der Waals surface area contributed by atoms with E-state index in [4.69, 9.17) is 4.74 Å². The van der Waals surface area contributed by atoms with Crippen LogP contribution in [-0.4, -0.2) is 27.8 Å². The van der Waals surface area contributed by atoms with Gasteiger partial charge in [-0.05, 0) is 49.6 Å². The molecule has 0 spiro atoms. The summed E-state index contributed by atoms with van der Waals surface area (Å²) in [5, 5.41) is 0. The molecule has 0 bridgehead atoms. The van der Waals surface area contributed by atoms with Gasteiger partial charge in [-0.15, -0.1) is 0 Å². The lowest BCUT2D eigenvalue weighted by molar-refractivity contribution is 0.129. The lowest BCUT2D eigenvalue weighted by atomic mass is 9.84. The highest BCUT2D eigenvalue weighted by Crippen LogP contribution is 2.51. The first-order valence-corrected chi connectivity index (χ1v) is 16.9. The lowest BCUT2D eigenvalue weighted by Crippen LogP contribution is -2.47. The second kappa shape index (κ2) is 10.8. The number of halogens is 2. The van der Waals surface area contributed by atoms with Gasteiger partial charge >= 0.3 is 0 Å². The molecule has 0 aromatic heterocycles. The largest absolute Gasteiger partial charge is 0.498 e. The van der Waals surface area contributed by atoms with Gasteiger partial charge in [-0.3, -0.25) is 0 Å². The van der Waals surface area contributed by atoms with Crippen LogP contribution in [0, 0.1) is 6.92 Å². The molecule has 1 fully saturated rings. The number of fused-ring (bicyclic) bond motifs is 1. The van der Waals surface area contributed by atoms with Crippen molar-refractivity contribution in [2.24, 2.45) is 0 Å². The van der Waals surface area contributed by atoms with Crippen molar-refractivity contribution in [3.05, 3.63) is 82.6 Å². The summed E-state index contributed by atoms with van der Waals surface area (Å²) in [5.74, 6) is 1.21. The summed E-state index contributed by atoms with van der Waals surface area (Å²) < 4.78 is 11.4. The zero-order valence-corrected chi connectivity index (χ0v) is 23.1. The number of piperidine rings is 1. The molecule has 3 nitrogen and oxygen atoms in total. The highest BCUT2D eigenvalue weighted by atomic mass is 127. The summed E-state index contributed by atoms with van der Waals surface area (Å²) in [7, 11) is 3.67. The van der Waals surface area contributed by atoms with Crippen molar-refractivity contribution >= 4 is 60.6 Å². The number of hydrogen-bond acceptors (Lipinski definition) is 5. The fourth-order valence-electron chi connectivity index (χ4n) is 4.61. The third-order valence-electron chi connectivity index (χ3n) is 5.97. The predicted molar refractivity (Wildman–Crippen MR) is 147 cm³/mol. The van der Waals surface area contributed by atoms with Gasteiger partial charge in [0.1, 0.15) is 0 Å². The monoisotopic (exact) mass is 664 g/mol. The van der Waals surface area contributed by atoms with E-state index in [9.17, 15) is 0 Å². The van der Waals surface area contributed by atoms with E-state index in [1.807, 2.05) is 18.2 Å². The molecule has 30 heavy (non-hydrogen) atoms. The molecule has 2 aromatic carbocycles. The fourth-order valence-corrected chi connectivity index (χ4v) is 8.60. The van der Waals surface area contributed by atoms with E-state index in [1.165, 1.54) is 28.0 Å². The van der Waals surface area contributed by atoms with Crippen LogP contribution in [0.2, 0.25) is 0 Å². The van der Waals surface area contributed by atoms with Crippen molar-refractivity contribution in [2.75, 3.05) is 13.2 Å². The molecular formula is C23H26I2N2OS2. The van der Waals surface area contributed by atoms with Crippen molar-refractivity contribution in [1.29, 1.82) is 0 Å². The standard InChI is InChI=1S/C23H26I2N2OS2/c1-3-28-23-14-21(18-11-7-8-16(2)12-18)27(30-25)22-13-20(17-9-5-4-6-10-17)26(29-24)15-19(22)23/h4-12,20-22H,3,13-15H2,1-2H3. The summed E-state index contributed by atoms with van der Waals surface area (Å²) >= 11 is 4.90. The van der Waals surface area contributed by atoms with Crippen LogP contribution in [0.5, 0.6) is 0 Å². The molecule has 0 saturated carbocycles. The van der Waals surface area contributed by atoms with Gasteiger partial charge < -0.3 is 4.74 Å². The average molecular weight is 664 g/mol. The Morgan fingerprint density at radius 3 is 2.40 bits per heavy atom. The molecule has 160 valence electrons. The second-order valence-corrected chi connectivity index (χ2v) is 11.3. The van der Waals surface area contributed by atoms with Gasteiger partial charge in [0.05, 0.1) is 18.4 Å². The van der Waals surface area contributed by atoms with Crippen LogP contribution in [0.4, 0.5) is 0 Å². The molecule has 2 heterocycles. The lowest BCUT2D eigenvalue weighted by Gasteiger charge is -2.48. The highest BCUT2D eigenvalue weighted by Gasteiger charge is 2.44. The van der Waals surface area contributed by atoms with Gasteiger partial charge in [-0.25, -0.2) is 8.61 Å². The smallest absolute Gasteiger partial charge is 0.1000 e. The van der Waals surface area contributed by atoms with Crippen molar-refractivity contribution < 1.29 is 4.74 Å². The van der Waals surface area contributed by atoms with Crippen molar-refractivity contribution in [3.63, 3.8) is 0 Å².